The van der Waals surface area contributed by atoms with E-state index in [1.54, 1.807) is 22.4 Å². The molecule has 0 fully saturated rings. The number of pyridine rings is 1. The molecule has 0 saturated heterocycles. The van der Waals surface area contributed by atoms with Crippen LogP contribution in [0.5, 0.6) is 0 Å². The zero-order valence-electron chi connectivity index (χ0n) is 16.6. The van der Waals surface area contributed by atoms with Crippen molar-refractivity contribution in [3.05, 3.63) is 82.4 Å². The summed E-state index contributed by atoms with van der Waals surface area (Å²) in [4.78, 5) is 14.1. The average molecular weight is 402 g/mol. The highest BCUT2D eigenvalue weighted by molar-refractivity contribution is 7.98. The van der Waals surface area contributed by atoms with Crippen LogP contribution in [0.1, 0.15) is 11.3 Å². The van der Waals surface area contributed by atoms with Gasteiger partial charge in [-0.3, -0.25) is 9.36 Å². The molecule has 5 heteroatoms. The Hall–Kier alpha value is -2.76. The molecule has 2 aromatic carbocycles. The predicted molar refractivity (Wildman–Crippen MR) is 121 cm³/mol. The predicted octanol–water partition coefficient (Wildman–Crippen LogP) is 4.36. The van der Waals surface area contributed by atoms with Crippen molar-refractivity contribution in [1.29, 1.82) is 0 Å². The lowest BCUT2D eigenvalue weighted by Crippen LogP contribution is -2.24. The molecular weight excluding hydrogens is 378 g/mol. The van der Waals surface area contributed by atoms with Crippen LogP contribution in [0.25, 0.3) is 27.7 Å². The Kier molecular flexibility index (Phi) is 4.57. The molecule has 2 aromatic heterocycles. The number of aryl methyl sites for hydroxylation is 1. The number of nitrogens with one attached hydrogen (secondary N) is 1. The van der Waals surface area contributed by atoms with Crippen LogP contribution in [0, 0.1) is 0 Å². The molecule has 0 saturated carbocycles. The van der Waals surface area contributed by atoms with Crippen LogP contribution in [-0.4, -0.2) is 21.9 Å². The molecular formula is C24H23N3OS. The Labute approximate surface area is 174 Å². The van der Waals surface area contributed by atoms with Crippen molar-refractivity contribution in [2.45, 2.75) is 17.9 Å². The van der Waals surface area contributed by atoms with E-state index in [1.807, 2.05) is 18.3 Å². The quantitative estimate of drug-likeness (QED) is 0.518. The largest absolute Gasteiger partial charge is 0.347 e. The monoisotopic (exact) mass is 401 g/mol. The molecule has 5 rings (SSSR count). The fraction of sp³-hybridized carbons (Fsp3) is 0.208. The van der Waals surface area contributed by atoms with E-state index in [4.69, 9.17) is 0 Å². The maximum atomic E-state index is 12.9. The van der Waals surface area contributed by atoms with E-state index in [-0.39, 0.29) is 5.56 Å². The first kappa shape index (κ1) is 18.3. The summed E-state index contributed by atoms with van der Waals surface area (Å²) in [6, 6.07) is 18.4. The van der Waals surface area contributed by atoms with E-state index in [0.717, 1.165) is 36.3 Å². The minimum atomic E-state index is -0.0172. The summed E-state index contributed by atoms with van der Waals surface area (Å²) < 4.78 is 4.01. The standard InChI is InChI=1S/C24H23N3OS/c1-26-22-9-11-25-15-21(22)20-8-5-18(14-23(20)26)27-12-10-17(13-24(27)28)16-3-6-19(29-2)7-4-16/h3-8,10,12-14,25H,9,11,15H2,1-2H3. The lowest BCUT2D eigenvalue weighted by molar-refractivity contribution is 0.622. The SMILES string of the molecule is CSc1ccc(-c2ccn(-c3ccc4c5c(n(C)c4c3)CCNC5)c(=O)c2)cc1. The summed E-state index contributed by atoms with van der Waals surface area (Å²) in [5.41, 5.74) is 6.85. The van der Waals surface area contributed by atoms with E-state index in [9.17, 15) is 4.79 Å². The van der Waals surface area contributed by atoms with E-state index < -0.39 is 0 Å². The first-order valence-corrected chi connectivity index (χ1v) is 11.1. The van der Waals surface area contributed by atoms with Crippen molar-refractivity contribution in [3.63, 3.8) is 0 Å². The number of aromatic nitrogens is 2. The van der Waals surface area contributed by atoms with E-state index in [0.29, 0.717) is 0 Å². The van der Waals surface area contributed by atoms with E-state index in [1.165, 1.54) is 27.1 Å². The molecule has 29 heavy (non-hydrogen) atoms. The molecule has 0 aliphatic carbocycles. The van der Waals surface area contributed by atoms with Gasteiger partial charge in [-0.05, 0) is 53.3 Å². The average Bonchev–Trinajstić information content (AvgIpc) is 3.06. The third-order valence-corrected chi connectivity index (χ3v) is 6.63. The highest BCUT2D eigenvalue weighted by Gasteiger charge is 2.18. The summed E-state index contributed by atoms with van der Waals surface area (Å²) in [5.74, 6) is 0. The molecule has 0 spiro atoms. The third-order valence-electron chi connectivity index (χ3n) is 5.88. The van der Waals surface area contributed by atoms with Crippen molar-refractivity contribution >= 4 is 22.7 Å². The Morgan fingerprint density at radius 3 is 2.59 bits per heavy atom. The van der Waals surface area contributed by atoms with E-state index in [2.05, 4.69) is 59.6 Å². The fourth-order valence-electron chi connectivity index (χ4n) is 4.30. The van der Waals surface area contributed by atoms with Gasteiger partial charge in [0.25, 0.3) is 5.56 Å². The van der Waals surface area contributed by atoms with Crippen LogP contribution in [-0.2, 0) is 20.0 Å². The van der Waals surface area contributed by atoms with Crippen LogP contribution in [0.15, 0.2) is 70.5 Å². The topological polar surface area (TPSA) is 39.0 Å². The summed E-state index contributed by atoms with van der Waals surface area (Å²) in [5, 5.41) is 4.74. The van der Waals surface area contributed by atoms with Crippen molar-refractivity contribution in [1.82, 2.24) is 14.5 Å². The third kappa shape index (κ3) is 3.11. The number of hydrogen-bond acceptors (Lipinski definition) is 3. The molecule has 1 N–H and O–H groups in total. The van der Waals surface area contributed by atoms with Crippen LogP contribution in [0.2, 0.25) is 0 Å². The lowest BCUT2D eigenvalue weighted by Gasteiger charge is -2.14. The van der Waals surface area contributed by atoms with Crippen molar-refractivity contribution < 1.29 is 0 Å². The molecule has 0 radical (unpaired) electrons. The van der Waals surface area contributed by atoms with Crippen molar-refractivity contribution in [3.8, 4) is 16.8 Å². The molecule has 1 aliphatic rings. The van der Waals surface area contributed by atoms with Gasteiger partial charge in [-0.25, -0.2) is 0 Å². The smallest absolute Gasteiger partial charge is 0.255 e. The molecule has 4 aromatic rings. The molecule has 146 valence electrons. The summed E-state index contributed by atoms with van der Waals surface area (Å²) in [6.07, 6.45) is 4.98. The number of thioether (sulfide) groups is 1. The second kappa shape index (κ2) is 7.25. The molecule has 0 amide bonds. The molecule has 3 heterocycles. The number of benzene rings is 2. The highest BCUT2D eigenvalue weighted by Crippen LogP contribution is 2.29. The maximum Gasteiger partial charge on any atom is 0.255 e. The maximum absolute atomic E-state index is 12.9. The van der Waals surface area contributed by atoms with Crippen LogP contribution < -0.4 is 10.9 Å². The zero-order valence-corrected chi connectivity index (χ0v) is 17.4. The summed E-state index contributed by atoms with van der Waals surface area (Å²) in [6.45, 7) is 1.93. The minimum Gasteiger partial charge on any atom is -0.347 e. The Bertz CT molecular complexity index is 1270. The molecule has 0 atom stereocenters. The zero-order chi connectivity index (χ0) is 20.0. The lowest BCUT2D eigenvalue weighted by atomic mass is 10.1. The highest BCUT2D eigenvalue weighted by atomic mass is 32.2. The molecule has 0 bridgehead atoms. The van der Waals surface area contributed by atoms with Gasteiger partial charge in [0.15, 0.2) is 0 Å². The van der Waals surface area contributed by atoms with Gasteiger partial charge in [0.2, 0.25) is 0 Å². The second-order valence-corrected chi connectivity index (χ2v) is 8.34. The molecule has 4 nitrogen and oxygen atoms in total. The van der Waals surface area contributed by atoms with Crippen LogP contribution in [0.3, 0.4) is 0 Å². The second-order valence-electron chi connectivity index (χ2n) is 7.46. The van der Waals surface area contributed by atoms with Gasteiger partial charge in [0.05, 0.1) is 11.2 Å². The first-order valence-electron chi connectivity index (χ1n) is 9.84. The Morgan fingerprint density at radius 2 is 1.83 bits per heavy atom. The minimum absolute atomic E-state index is 0.0172. The van der Waals surface area contributed by atoms with Gasteiger partial charge in [0, 0.05) is 54.8 Å². The first-order chi connectivity index (χ1) is 14.2. The Balaban J connectivity index is 1.56. The number of rotatable bonds is 3. The summed E-state index contributed by atoms with van der Waals surface area (Å²) in [7, 11) is 2.13. The van der Waals surface area contributed by atoms with Gasteiger partial charge in [-0.2, -0.15) is 0 Å². The molecule has 1 aliphatic heterocycles. The van der Waals surface area contributed by atoms with Gasteiger partial charge < -0.3 is 9.88 Å². The fourth-order valence-corrected chi connectivity index (χ4v) is 4.71. The number of fused-ring (bicyclic) bond motifs is 3. The summed E-state index contributed by atoms with van der Waals surface area (Å²) >= 11 is 1.72. The van der Waals surface area contributed by atoms with Crippen molar-refractivity contribution in [2.24, 2.45) is 7.05 Å². The normalized spacial score (nSPS) is 13.6. The Morgan fingerprint density at radius 1 is 1.00 bits per heavy atom. The number of nitrogens with zero attached hydrogens (tertiary/aromatic N) is 2. The van der Waals surface area contributed by atoms with Crippen LogP contribution >= 0.6 is 11.8 Å². The molecule has 0 unspecified atom stereocenters. The number of hydrogen-bond donors (Lipinski definition) is 1. The van der Waals surface area contributed by atoms with Gasteiger partial charge in [-0.15, -0.1) is 11.8 Å². The van der Waals surface area contributed by atoms with Gasteiger partial charge >= 0.3 is 0 Å². The van der Waals surface area contributed by atoms with E-state index >= 15 is 0 Å². The van der Waals surface area contributed by atoms with Crippen molar-refractivity contribution in [2.75, 3.05) is 12.8 Å². The van der Waals surface area contributed by atoms with Crippen LogP contribution in [0.4, 0.5) is 0 Å². The van der Waals surface area contributed by atoms with Gasteiger partial charge in [-0.1, -0.05) is 18.2 Å². The van der Waals surface area contributed by atoms with Gasteiger partial charge in [0.1, 0.15) is 0 Å².